The molecule has 0 heterocycles. The molecule has 0 aliphatic rings. The molecular formula is C13H29NO3S2. The van der Waals surface area contributed by atoms with Crippen LogP contribution in [0.4, 0.5) is 0 Å². The summed E-state index contributed by atoms with van der Waals surface area (Å²) in [5, 5.41) is 3.51. The Morgan fingerprint density at radius 1 is 1.16 bits per heavy atom. The highest BCUT2D eigenvalue weighted by atomic mass is 32.2. The molecule has 19 heavy (non-hydrogen) atoms. The molecule has 0 aliphatic carbocycles. The average Bonchev–Trinajstić information content (AvgIpc) is 2.33. The second-order valence-electron chi connectivity index (χ2n) is 5.01. The molecule has 0 saturated heterocycles. The van der Waals surface area contributed by atoms with Crippen molar-refractivity contribution in [2.45, 2.75) is 57.7 Å². The van der Waals surface area contributed by atoms with Crippen LogP contribution >= 0.6 is 0 Å². The summed E-state index contributed by atoms with van der Waals surface area (Å²) >= 11 is 0. The Morgan fingerprint density at radius 3 is 2.21 bits per heavy atom. The summed E-state index contributed by atoms with van der Waals surface area (Å²) in [6.45, 7) is 7.17. The second-order valence-corrected chi connectivity index (χ2v) is 9.05. The first-order chi connectivity index (χ1) is 8.85. The number of hydrogen-bond donors (Lipinski definition) is 1. The van der Waals surface area contributed by atoms with E-state index in [9.17, 15) is 12.6 Å². The Bertz CT molecular complexity index is 355. The van der Waals surface area contributed by atoms with E-state index < -0.39 is 20.6 Å². The number of hydrogen-bond acceptors (Lipinski definition) is 4. The van der Waals surface area contributed by atoms with E-state index in [0.29, 0.717) is 0 Å². The predicted octanol–water partition coefficient (Wildman–Crippen LogP) is 1.73. The van der Waals surface area contributed by atoms with Gasteiger partial charge in [-0.05, 0) is 25.8 Å². The fourth-order valence-corrected chi connectivity index (χ4v) is 5.24. The quantitative estimate of drug-likeness (QED) is 0.631. The van der Waals surface area contributed by atoms with E-state index in [1.54, 1.807) is 0 Å². The monoisotopic (exact) mass is 311 g/mol. The van der Waals surface area contributed by atoms with Crippen molar-refractivity contribution in [1.82, 2.24) is 5.32 Å². The van der Waals surface area contributed by atoms with E-state index in [0.717, 1.165) is 32.2 Å². The minimum absolute atomic E-state index is 0.0166. The molecule has 6 heteroatoms. The smallest absolute Gasteiger partial charge is 0.148 e. The van der Waals surface area contributed by atoms with Crippen molar-refractivity contribution < 1.29 is 12.6 Å². The van der Waals surface area contributed by atoms with Crippen LogP contribution in [-0.2, 0) is 20.6 Å². The summed E-state index contributed by atoms with van der Waals surface area (Å²) in [7, 11) is -4.11. The maximum Gasteiger partial charge on any atom is 0.148 e. The fourth-order valence-electron chi connectivity index (χ4n) is 2.10. The van der Waals surface area contributed by atoms with E-state index in [1.807, 2.05) is 6.92 Å². The maximum atomic E-state index is 12.3. The number of sulfone groups is 1. The van der Waals surface area contributed by atoms with Gasteiger partial charge in [0.15, 0.2) is 0 Å². The largest absolute Gasteiger partial charge is 0.313 e. The van der Waals surface area contributed by atoms with Crippen molar-refractivity contribution in [3.63, 3.8) is 0 Å². The lowest BCUT2D eigenvalue weighted by atomic mass is 10.1. The summed E-state index contributed by atoms with van der Waals surface area (Å²) in [5.74, 6) is 0.272. The molecule has 0 radical (unpaired) electrons. The highest BCUT2D eigenvalue weighted by molar-refractivity contribution is 7.92. The van der Waals surface area contributed by atoms with Crippen molar-refractivity contribution in [3.8, 4) is 0 Å². The first kappa shape index (κ1) is 19.1. The summed E-state index contributed by atoms with van der Waals surface area (Å²) < 4.78 is 34.6. The Balaban J connectivity index is 4.59. The van der Waals surface area contributed by atoms with E-state index in [-0.39, 0.29) is 22.8 Å². The van der Waals surface area contributed by atoms with Gasteiger partial charge in [-0.15, -0.1) is 0 Å². The van der Waals surface area contributed by atoms with Crippen LogP contribution in [0.1, 0.15) is 46.5 Å². The lowest BCUT2D eigenvalue weighted by Crippen LogP contribution is -2.43. The molecule has 0 bridgehead atoms. The van der Waals surface area contributed by atoms with E-state index in [4.69, 9.17) is 0 Å². The Hall–Kier alpha value is 0.0600. The van der Waals surface area contributed by atoms with E-state index in [2.05, 4.69) is 19.2 Å². The first-order valence-corrected chi connectivity index (χ1v) is 10.6. The maximum absolute atomic E-state index is 12.3. The van der Waals surface area contributed by atoms with Gasteiger partial charge in [-0.25, -0.2) is 8.42 Å². The van der Waals surface area contributed by atoms with Crippen molar-refractivity contribution >= 4 is 20.6 Å². The summed E-state index contributed by atoms with van der Waals surface area (Å²) in [4.78, 5) is 0. The summed E-state index contributed by atoms with van der Waals surface area (Å²) in [6.07, 6.45) is 5.10. The first-order valence-electron chi connectivity index (χ1n) is 7.13. The zero-order valence-corrected chi connectivity index (χ0v) is 14.3. The van der Waals surface area contributed by atoms with E-state index >= 15 is 0 Å². The third-order valence-electron chi connectivity index (χ3n) is 3.10. The third kappa shape index (κ3) is 8.76. The van der Waals surface area contributed by atoms with Crippen LogP contribution in [0.25, 0.3) is 0 Å². The fraction of sp³-hybridized carbons (Fsp3) is 1.00. The van der Waals surface area contributed by atoms with Crippen LogP contribution in [-0.4, -0.2) is 48.2 Å². The van der Waals surface area contributed by atoms with Crippen LogP contribution in [0.15, 0.2) is 0 Å². The molecule has 0 aromatic rings. The van der Waals surface area contributed by atoms with Crippen LogP contribution in [0.3, 0.4) is 0 Å². The SMILES string of the molecule is CCCNC(CCC)C(CC)S(=O)CCS(C)(=O)=O. The lowest BCUT2D eigenvalue weighted by molar-refractivity contribution is 0.448. The van der Waals surface area contributed by atoms with Crippen LogP contribution in [0, 0.1) is 0 Å². The van der Waals surface area contributed by atoms with Crippen molar-refractivity contribution in [2.75, 3.05) is 24.3 Å². The van der Waals surface area contributed by atoms with Gasteiger partial charge in [0.05, 0.1) is 5.75 Å². The molecular weight excluding hydrogens is 282 g/mol. The van der Waals surface area contributed by atoms with Gasteiger partial charge in [0, 0.05) is 34.1 Å². The van der Waals surface area contributed by atoms with Gasteiger partial charge in [0.2, 0.25) is 0 Å². The topological polar surface area (TPSA) is 63.2 Å². The van der Waals surface area contributed by atoms with Gasteiger partial charge < -0.3 is 5.32 Å². The van der Waals surface area contributed by atoms with Crippen LogP contribution < -0.4 is 5.32 Å². The summed E-state index contributed by atoms with van der Waals surface area (Å²) in [6, 6.07) is 0.232. The molecule has 4 nitrogen and oxygen atoms in total. The standard InChI is InChI=1S/C13H29NO3S2/c1-5-8-12(14-9-6-2)13(7-3)18(15)10-11-19(4,16)17/h12-14H,5-11H2,1-4H3. The Labute approximate surface area is 121 Å². The zero-order chi connectivity index (χ0) is 14.9. The number of nitrogens with one attached hydrogen (secondary N) is 1. The van der Waals surface area contributed by atoms with Gasteiger partial charge >= 0.3 is 0 Å². The average molecular weight is 312 g/mol. The van der Waals surface area contributed by atoms with Gasteiger partial charge in [0.25, 0.3) is 0 Å². The minimum Gasteiger partial charge on any atom is -0.313 e. The molecule has 3 unspecified atom stereocenters. The molecule has 0 saturated carbocycles. The molecule has 0 amide bonds. The van der Waals surface area contributed by atoms with E-state index in [1.165, 1.54) is 6.26 Å². The lowest BCUT2D eigenvalue weighted by Gasteiger charge is -2.26. The molecule has 0 aliphatic heterocycles. The molecule has 116 valence electrons. The highest BCUT2D eigenvalue weighted by Gasteiger charge is 2.24. The second kappa shape index (κ2) is 9.88. The van der Waals surface area contributed by atoms with Gasteiger partial charge in [-0.3, -0.25) is 4.21 Å². The van der Waals surface area contributed by atoms with Crippen LogP contribution in [0.2, 0.25) is 0 Å². The zero-order valence-electron chi connectivity index (χ0n) is 12.6. The Kier molecular flexibility index (Phi) is 9.92. The van der Waals surface area contributed by atoms with Crippen molar-refractivity contribution in [1.29, 1.82) is 0 Å². The predicted molar refractivity (Wildman–Crippen MR) is 83.8 cm³/mol. The van der Waals surface area contributed by atoms with Crippen molar-refractivity contribution in [2.24, 2.45) is 0 Å². The highest BCUT2D eigenvalue weighted by Crippen LogP contribution is 2.13. The van der Waals surface area contributed by atoms with Gasteiger partial charge in [0.1, 0.15) is 9.84 Å². The molecule has 0 fully saturated rings. The van der Waals surface area contributed by atoms with Gasteiger partial charge in [-0.1, -0.05) is 27.2 Å². The molecule has 0 spiro atoms. The number of rotatable bonds is 11. The van der Waals surface area contributed by atoms with Gasteiger partial charge in [-0.2, -0.15) is 0 Å². The normalized spacial score (nSPS) is 17.1. The molecule has 1 N–H and O–H groups in total. The Morgan fingerprint density at radius 2 is 1.79 bits per heavy atom. The molecule has 0 aromatic carbocycles. The third-order valence-corrected chi connectivity index (χ3v) is 6.25. The molecule has 3 atom stereocenters. The summed E-state index contributed by atoms with van der Waals surface area (Å²) in [5.41, 5.74) is 0. The van der Waals surface area contributed by atoms with Crippen molar-refractivity contribution in [3.05, 3.63) is 0 Å². The molecule has 0 rings (SSSR count). The molecule has 0 aromatic heterocycles. The minimum atomic E-state index is -3.03. The van der Waals surface area contributed by atoms with Crippen LogP contribution in [0.5, 0.6) is 0 Å².